The standard InChI is InChI=1S/C18H20BrNO3/c1-18(2,3)23-17(22)20-11-12-4-6-13(7-5-12)14-8-9-16(21)15(19)10-14/h4-10,21H,11H2,1-3H3,(H,20,22). The van der Waals surface area contributed by atoms with Gasteiger partial charge in [0.2, 0.25) is 0 Å². The average Bonchev–Trinajstić information content (AvgIpc) is 2.47. The lowest BCUT2D eigenvalue weighted by molar-refractivity contribution is 0.0523. The summed E-state index contributed by atoms with van der Waals surface area (Å²) in [6, 6.07) is 13.2. The van der Waals surface area contributed by atoms with Crippen LogP contribution in [0.3, 0.4) is 0 Å². The van der Waals surface area contributed by atoms with Crippen molar-refractivity contribution in [2.75, 3.05) is 0 Å². The first kappa shape index (κ1) is 17.3. The summed E-state index contributed by atoms with van der Waals surface area (Å²) in [5.74, 6) is 0.215. The first-order chi connectivity index (χ1) is 10.7. The van der Waals surface area contributed by atoms with Gasteiger partial charge >= 0.3 is 6.09 Å². The first-order valence-corrected chi connectivity index (χ1v) is 8.08. The van der Waals surface area contributed by atoms with Gasteiger partial charge in [-0.15, -0.1) is 0 Å². The minimum absolute atomic E-state index is 0.215. The molecule has 23 heavy (non-hydrogen) atoms. The molecule has 0 fully saturated rings. The molecular formula is C18H20BrNO3. The lowest BCUT2D eigenvalue weighted by Crippen LogP contribution is -2.32. The van der Waals surface area contributed by atoms with Gasteiger partial charge in [0, 0.05) is 6.54 Å². The van der Waals surface area contributed by atoms with Crippen LogP contribution in [-0.4, -0.2) is 16.8 Å². The third-order valence-corrected chi connectivity index (χ3v) is 3.71. The van der Waals surface area contributed by atoms with Gasteiger partial charge in [-0.1, -0.05) is 30.3 Å². The summed E-state index contributed by atoms with van der Waals surface area (Å²) in [5.41, 5.74) is 2.52. The van der Waals surface area contributed by atoms with E-state index in [1.807, 2.05) is 57.2 Å². The lowest BCUT2D eigenvalue weighted by Gasteiger charge is -2.19. The summed E-state index contributed by atoms with van der Waals surface area (Å²) in [7, 11) is 0. The Morgan fingerprint density at radius 3 is 2.30 bits per heavy atom. The van der Waals surface area contributed by atoms with Gasteiger partial charge in [0.15, 0.2) is 0 Å². The molecule has 4 nitrogen and oxygen atoms in total. The molecule has 5 heteroatoms. The zero-order valence-corrected chi connectivity index (χ0v) is 15.0. The number of rotatable bonds is 3. The first-order valence-electron chi connectivity index (χ1n) is 7.29. The number of halogens is 1. The van der Waals surface area contributed by atoms with E-state index in [1.165, 1.54) is 0 Å². The number of benzene rings is 2. The molecule has 2 aromatic rings. The summed E-state index contributed by atoms with van der Waals surface area (Å²) in [6.45, 7) is 5.90. The molecule has 0 aliphatic carbocycles. The van der Waals surface area contributed by atoms with E-state index in [0.717, 1.165) is 16.7 Å². The molecule has 0 heterocycles. The van der Waals surface area contributed by atoms with Crippen LogP contribution in [0.25, 0.3) is 11.1 Å². The Morgan fingerprint density at radius 2 is 1.74 bits per heavy atom. The largest absolute Gasteiger partial charge is 0.507 e. The zero-order chi connectivity index (χ0) is 17.0. The van der Waals surface area contributed by atoms with Gasteiger partial charge in [0.05, 0.1) is 4.47 Å². The molecule has 122 valence electrons. The molecule has 2 N–H and O–H groups in total. The van der Waals surface area contributed by atoms with Crippen molar-refractivity contribution in [1.82, 2.24) is 5.32 Å². The number of carbonyl (C=O) groups excluding carboxylic acids is 1. The maximum Gasteiger partial charge on any atom is 0.407 e. The molecule has 0 unspecified atom stereocenters. The van der Waals surface area contributed by atoms with E-state index in [9.17, 15) is 9.90 Å². The molecule has 0 atom stereocenters. The molecular weight excluding hydrogens is 358 g/mol. The van der Waals surface area contributed by atoms with Gasteiger partial charge in [-0.2, -0.15) is 0 Å². The smallest absolute Gasteiger partial charge is 0.407 e. The fourth-order valence-corrected chi connectivity index (χ4v) is 2.37. The molecule has 1 amide bonds. The number of hydrogen-bond acceptors (Lipinski definition) is 3. The average molecular weight is 378 g/mol. The zero-order valence-electron chi connectivity index (χ0n) is 13.4. The highest BCUT2D eigenvalue weighted by Gasteiger charge is 2.15. The van der Waals surface area contributed by atoms with Crippen LogP contribution in [0.2, 0.25) is 0 Å². The van der Waals surface area contributed by atoms with E-state index in [1.54, 1.807) is 6.07 Å². The van der Waals surface area contributed by atoms with Crippen molar-refractivity contribution in [3.63, 3.8) is 0 Å². The van der Waals surface area contributed by atoms with Crippen LogP contribution < -0.4 is 5.32 Å². The van der Waals surface area contributed by atoms with E-state index >= 15 is 0 Å². The molecule has 0 spiro atoms. The highest BCUT2D eigenvalue weighted by molar-refractivity contribution is 9.10. The number of phenols is 1. The normalized spacial score (nSPS) is 11.1. The maximum atomic E-state index is 11.6. The van der Waals surface area contributed by atoms with Crippen LogP contribution in [0.15, 0.2) is 46.9 Å². The minimum Gasteiger partial charge on any atom is -0.507 e. The Bertz CT molecular complexity index is 690. The van der Waals surface area contributed by atoms with Crippen LogP contribution in [0, 0.1) is 0 Å². The Morgan fingerprint density at radius 1 is 1.13 bits per heavy atom. The van der Waals surface area contributed by atoms with E-state index in [-0.39, 0.29) is 5.75 Å². The van der Waals surface area contributed by atoms with Crippen LogP contribution in [0.1, 0.15) is 26.3 Å². The van der Waals surface area contributed by atoms with Crippen LogP contribution in [-0.2, 0) is 11.3 Å². The van der Waals surface area contributed by atoms with E-state index < -0.39 is 11.7 Å². The number of hydrogen-bond donors (Lipinski definition) is 2. The predicted octanol–water partition coefficient (Wildman–Crippen LogP) is 4.85. The number of amides is 1. The van der Waals surface area contributed by atoms with Crippen molar-refractivity contribution in [2.24, 2.45) is 0 Å². The number of phenolic OH excluding ortho intramolecular Hbond substituents is 1. The Labute approximate surface area is 144 Å². The van der Waals surface area contributed by atoms with Crippen LogP contribution in [0.5, 0.6) is 5.75 Å². The predicted molar refractivity (Wildman–Crippen MR) is 94.3 cm³/mol. The Kier molecular flexibility index (Phi) is 5.31. The molecule has 0 aliphatic rings. The van der Waals surface area contributed by atoms with Gasteiger partial charge in [-0.05, 0) is 65.5 Å². The molecule has 2 rings (SSSR count). The fraction of sp³-hybridized carbons (Fsp3) is 0.278. The van der Waals surface area contributed by atoms with Crippen molar-refractivity contribution in [2.45, 2.75) is 32.9 Å². The maximum absolute atomic E-state index is 11.6. The summed E-state index contributed by atoms with van der Waals surface area (Å²) in [4.78, 5) is 11.6. The SMILES string of the molecule is CC(C)(C)OC(=O)NCc1ccc(-c2ccc(O)c(Br)c2)cc1. The number of nitrogens with one attached hydrogen (secondary N) is 1. The summed E-state index contributed by atoms with van der Waals surface area (Å²) >= 11 is 3.31. The summed E-state index contributed by atoms with van der Waals surface area (Å²) < 4.78 is 5.86. The van der Waals surface area contributed by atoms with E-state index in [2.05, 4.69) is 21.2 Å². The number of carbonyl (C=O) groups is 1. The lowest BCUT2D eigenvalue weighted by atomic mass is 10.0. The third-order valence-electron chi connectivity index (χ3n) is 3.07. The Balaban J connectivity index is 1.99. The number of alkyl carbamates (subject to hydrolysis) is 1. The van der Waals surface area contributed by atoms with Gasteiger partial charge < -0.3 is 15.2 Å². The second-order valence-electron chi connectivity index (χ2n) is 6.22. The van der Waals surface area contributed by atoms with Crippen molar-refractivity contribution in [3.05, 3.63) is 52.5 Å². The minimum atomic E-state index is -0.500. The van der Waals surface area contributed by atoms with Crippen LogP contribution >= 0.6 is 15.9 Å². The molecule has 0 radical (unpaired) electrons. The van der Waals surface area contributed by atoms with E-state index in [0.29, 0.717) is 11.0 Å². The second-order valence-corrected chi connectivity index (χ2v) is 7.07. The van der Waals surface area contributed by atoms with Gasteiger partial charge in [-0.3, -0.25) is 0 Å². The van der Waals surface area contributed by atoms with Crippen molar-refractivity contribution in [3.8, 4) is 16.9 Å². The second kappa shape index (κ2) is 7.04. The Hall–Kier alpha value is -2.01. The summed E-state index contributed by atoms with van der Waals surface area (Å²) in [5, 5.41) is 12.3. The molecule has 0 aliphatic heterocycles. The quantitative estimate of drug-likeness (QED) is 0.803. The topological polar surface area (TPSA) is 58.6 Å². The van der Waals surface area contributed by atoms with Gasteiger partial charge in [0.1, 0.15) is 11.4 Å². The van der Waals surface area contributed by atoms with Crippen molar-refractivity contribution >= 4 is 22.0 Å². The number of aromatic hydroxyl groups is 1. The number of ether oxygens (including phenoxy) is 1. The third kappa shape index (κ3) is 5.28. The van der Waals surface area contributed by atoms with Crippen molar-refractivity contribution in [1.29, 1.82) is 0 Å². The van der Waals surface area contributed by atoms with E-state index in [4.69, 9.17) is 4.74 Å². The summed E-state index contributed by atoms with van der Waals surface area (Å²) in [6.07, 6.45) is -0.427. The fourth-order valence-electron chi connectivity index (χ4n) is 1.99. The van der Waals surface area contributed by atoms with Gasteiger partial charge in [-0.25, -0.2) is 4.79 Å². The molecule has 0 saturated carbocycles. The van der Waals surface area contributed by atoms with Crippen molar-refractivity contribution < 1.29 is 14.6 Å². The van der Waals surface area contributed by atoms with Gasteiger partial charge in [0.25, 0.3) is 0 Å². The molecule has 2 aromatic carbocycles. The molecule has 0 bridgehead atoms. The monoisotopic (exact) mass is 377 g/mol. The molecule has 0 aromatic heterocycles. The molecule has 0 saturated heterocycles. The highest BCUT2D eigenvalue weighted by Crippen LogP contribution is 2.29. The van der Waals surface area contributed by atoms with Crippen LogP contribution in [0.4, 0.5) is 4.79 Å². The highest BCUT2D eigenvalue weighted by atomic mass is 79.9.